The van der Waals surface area contributed by atoms with E-state index in [1.807, 2.05) is 37.4 Å². The quantitative estimate of drug-likeness (QED) is 0.775. The van der Waals surface area contributed by atoms with Gasteiger partial charge in [-0.3, -0.25) is 9.59 Å². The average Bonchev–Trinajstić information content (AvgIpc) is 2.59. The van der Waals surface area contributed by atoms with Gasteiger partial charge in [0.15, 0.2) is 0 Å². The Labute approximate surface area is 144 Å². The molecule has 2 amide bonds. The van der Waals surface area contributed by atoms with Gasteiger partial charge in [0.05, 0.1) is 5.92 Å². The lowest BCUT2D eigenvalue weighted by molar-refractivity contribution is -0.126. The van der Waals surface area contributed by atoms with Crippen LogP contribution in [0.2, 0.25) is 0 Å². The van der Waals surface area contributed by atoms with E-state index in [1.165, 1.54) is 0 Å². The first kappa shape index (κ1) is 19.5. The monoisotopic (exact) mass is 339 g/mol. The van der Waals surface area contributed by atoms with E-state index in [4.69, 9.17) is 0 Å². The number of carbonyl (C=O) groups excluding carboxylic acids is 2. The number of likely N-dealkylation sites (tertiary alicyclic amines) is 1. The highest BCUT2D eigenvalue weighted by molar-refractivity contribution is 5.94. The fourth-order valence-corrected chi connectivity index (χ4v) is 2.76. The zero-order valence-electron chi connectivity index (χ0n) is 13.6. The van der Waals surface area contributed by atoms with E-state index in [9.17, 15) is 9.59 Å². The van der Waals surface area contributed by atoms with E-state index in [0.717, 1.165) is 32.4 Å². The Bertz CT molecular complexity index is 496. The topological polar surface area (TPSA) is 61.4 Å². The van der Waals surface area contributed by atoms with Crippen LogP contribution in [-0.2, 0) is 4.79 Å². The molecule has 1 saturated heterocycles. The van der Waals surface area contributed by atoms with Gasteiger partial charge >= 0.3 is 0 Å². The summed E-state index contributed by atoms with van der Waals surface area (Å²) in [5.41, 5.74) is 0.692. The van der Waals surface area contributed by atoms with Crippen molar-refractivity contribution in [2.75, 3.05) is 33.2 Å². The van der Waals surface area contributed by atoms with Crippen molar-refractivity contribution < 1.29 is 9.59 Å². The molecule has 1 fully saturated rings. The molecule has 1 atom stereocenters. The van der Waals surface area contributed by atoms with E-state index in [0.29, 0.717) is 18.7 Å². The van der Waals surface area contributed by atoms with Crippen LogP contribution in [0, 0.1) is 5.92 Å². The number of halogens is 1. The number of hydrogen-bond acceptors (Lipinski definition) is 3. The third-order valence-corrected chi connectivity index (χ3v) is 4.00. The zero-order chi connectivity index (χ0) is 15.8. The highest BCUT2D eigenvalue weighted by Crippen LogP contribution is 2.18. The van der Waals surface area contributed by atoms with Crippen LogP contribution in [0.4, 0.5) is 0 Å². The van der Waals surface area contributed by atoms with Crippen molar-refractivity contribution in [2.24, 2.45) is 5.92 Å². The Morgan fingerprint density at radius 3 is 2.65 bits per heavy atom. The molecule has 6 heteroatoms. The molecule has 1 unspecified atom stereocenters. The normalized spacial score (nSPS) is 17.3. The van der Waals surface area contributed by atoms with Gasteiger partial charge in [-0.15, -0.1) is 12.4 Å². The first-order valence-corrected chi connectivity index (χ1v) is 7.99. The van der Waals surface area contributed by atoms with Crippen molar-refractivity contribution in [3.63, 3.8) is 0 Å². The fraction of sp³-hybridized carbons (Fsp3) is 0.529. The van der Waals surface area contributed by atoms with E-state index in [1.54, 1.807) is 4.90 Å². The van der Waals surface area contributed by atoms with Crippen molar-refractivity contribution in [1.29, 1.82) is 0 Å². The number of nitrogens with zero attached hydrogens (tertiary/aromatic N) is 1. The SMILES string of the molecule is CNCCCNC(=O)C1CCCN(C(=O)c2ccccc2)C1.Cl. The number of nitrogens with one attached hydrogen (secondary N) is 2. The first-order chi connectivity index (χ1) is 10.7. The minimum Gasteiger partial charge on any atom is -0.356 e. The van der Waals surface area contributed by atoms with Crippen LogP contribution >= 0.6 is 12.4 Å². The number of carbonyl (C=O) groups is 2. The van der Waals surface area contributed by atoms with Gasteiger partial charge in [-0.25, -0.2) is 0 Å². The molecule has 0 aromatic heterocycles. The molecule has 0 bridgehead atoms. The Hall–Kier alpha value is -1.59. The Balaban J connectivity index is 0.00000264. The van der Waals surface area contributed by atoms with Gasteiger partial charge in [0.1, 0.15) is 0 Å². The maximum atomic E-state index is 12.5. The van der Waals surface area contributed by atoms with Crippen LogP contribution in [0.15, 0.2) is 30.3 Å². The van der Waals surface area contributed by atoms with Crippen LogP contribution in [0.3, 0.4) is 0 Å². The summed E-state index contributed by atoms with van der Waals surface area (Å²) in [4.78, 5) is 26.5. The van der Waals surface area contributed by atoms with Crippen LogP contribution < -0.4 is 10.6 Å². The summed E-state index contributed by atoms with van der Waals surface area (Å²) in [5, 5.41) is 6.03. The predicted octanol–water partition coefficient (Wildman–Crippen LogP) is 1.69. The molecule has 0 spiro atoms. The second kappa shape index (κ2) is 10.2. The molecule has 0 saturated carbocycles. The molecule has 2 N–H and O–H groups in total. The van der Waals surface area contributed by atoms with Crippen molar-refractivity contribution in [2.45, 2.75) is 19.3 Å². The lowest BCUT2D eigenvalue weighted by atomic mass is 9.96. The van der Waals surface area contributed by atoms with E-state index in [-0.39, 0.29) is 30.1 Å². The highest BCUT2D eigenvalue weighted by atomic mass is 35.5. The molecule has 0 aliphatic carbocycles. The smallest absolute Gasteiger partial charge is 0.253 e. The maximum Gasteiger partial charge on any atom is 0.253 e. The maximum absolute atomic E-state index is 12.5. The van der Waals surface area contributed by atoms with Gasteiger partial charge < -0.3 is 15.5 Å². The minimum absolute atomic E-state index is 0. The van der Waals surface area contributed by atoms with Crippen LogP contribution in [0.25, 0.3) is 0 Å². The molecule has 5 nitrogen and oxygen atoms in total. The fourth-order valence-electron chi connectivity index (χ4n) is 2.76. The van der Waals surface area contributed by atoms with Crippen molar-refractivity contribution in [3.8, 4) is 0 Å². The molecule has 0 radical (unpaired) electrons. The Kier molecular flexibility index (Phi) is 8.66. The molecule has 2 rings (SSSR count). The molecule has 1 aliphatic rings. The van der Waals surface area contributed by atoms with Gasteiger partial charge in [-0.1, -0.05) is 18.2 Å². The number of amides is 2. The van der Waals surface area contributed by atoms with Gasteiger partial charge in [0.2, 0.25) is 5.91 Å². The van der Waals surface area contributed by atoms with E-state index >= 15 is 0 Å². The van der Waals surface area contributed by atoms with Gasteiger partial charge in [0, 0.05) is 25.2 Å². The number of benzene rings is 1. The predicted molar refractivity (Wildman–Crippen MR) is 93.9 cm³/mol. The number of piperidine rings is 1. The van der Waals surface area contributed by atoms with Crippen molar-refractivity contribution in [1.82, 2.24) is 15.5 Å². The lowest BCUT2D eigenvalue weighted by Crippen LogP contribution is -2.45. The second-order valence-corrected chi connectivity index (χ2v) is 5.70. The first-order valence-electron chi connectivity index (χ1n) is 7.99. The lowest BCUT2D eigenvalue weighted by Gasteiger charge is -2.32. The molecule has 1 aromatic carbocycles. The zero-order valence-corrected chi connectivity index (χ0v) is 14.4. The summed E-state index contributed by atoms with van der Waals surface area (Å²) in [5.74, 6) is 0.00551. The molecule has 128 valence electrons. The van der Waals surface area contributed by atoms with Crippen LogP contribution in [0.5, 0.6) is 0 Å². The summed E-state index contributed by atoms with van der Waals surface area (Å²) >= 11 is 0. The molecular formula is C17H26ClN3O2. The standard InChI is InChI=1S/C17H25N3O2.ClH/c1-18-10-6-11-19-16(21)15-9-5-12-20(13-15)17(22)14-7-3-2-4-8-14;/h2-4,7-8,15,18H,5-6,9-13H2,1H3,(H,19,21);1H. The highest BCUT2D eigenvalue weighted by Gasteiger charge is 2.28. The Morgan fingerprint density at radius 2 is 1.96 bits per heavy atom. The third kappa shape index (κ3) is 5.84. The second-order valence-electron chi connectivity index (χ2n) is 5.70. The number of hydrogen-bond donors (Lipinski definition) is 2. The minimum atomic E-state index is -0.0870. The van der Waals surface area contributed by atoms with Crippen LogP contribution in [-0.4, -0.2) is 49.9 Å². The average molecular weight is 340 g/mol. The molecule has 1 aromatic rings. The molecule has 1 aliphatic heterocycles. The van der Waals surface area contributed by atoms with E-state index < -0.39 is 0 Å². The number of rotatable bonds is 6. The third-order valence-electron chi connectivity index (χ3n) is 4.00. The largest absolute Gasteiger partial charge is 0.356 e. The van der Waals surface area contributed by atoms with Gasteiger partial charge in [-0.2, -0.15) is 0 Å². The van der Waals surface area contributed by atoms with Crippen LogP contribution in [0.1, 0.15) is 29.6 Å². The molecular weight excluding hydrogens is 314 g/mol. The summed E-state index contributed by atoms with van der Waals surface area (Å²) in [7, 11) is 1.90. The molecule has 23 heavy (non-hydrogen) atoms. The van der Waals surface area contributed by atoms with Gasteiger partial charge in [0.25, 0.3) is 5.91 Å². The Morgan fingerprint density at radius 1 is 1.22 bits per heavy atom. The van der Waals surface area contributed by atoms with Crippen molar-refractivity contribution in [3.05, 3.63) is 35.9 Å². The summed E-state index contributed by atoms with van der Waals surface area (Å²) in [6.07, 6.45) is 2.66. The molecule has 1 heterocycles. The van der Waals surface area contributed by atoms with E-state index in [2.05, 4.69) is 10.6 Å². The summed E-state index contributed by atoms with van der Waals surface area (Å²) in [6, 6.07) is 9.27. The van der Waals surface area contributed by atoms with Gasteiger partial charge in [-0.05, 0) is 45.0 Å². The van der Waals surface area contributed by atoms with Crippen molar-refractivity contribution >= 4 is 24.2 Å². The summed E-state index contributed by atoms with van der Waals surface area (Å²) < 4.78 is 0. The summed E-state index contributed by atoms with van der Waals surface area (Å²) in [6.45, 7) is 2.83.